The molecule has 5 nitrogen and oxygen atoms in total. The second-order valence-corrected chi connectivity index (χ2v) is 9.79. The summed E-state index contributed by atoms with van der Waals surface area (Å²) in [5.74, 6) is 1.69. The molecule has 0 aliphatic heterocycles. The van der Waals surface area contributed by atoms with E-state index in [4.69, 9.17) is 9.97 Å². The molecule has 8 rings (SSSR count). The van der Waals surface area contributed by atoms with Gasteiger partial charge in [0.15, 0.2) is 0 Å². The molecule has 0 saturated carbocycles. The predicted octanol–water partition coefficient (Wildman–Crippen LogP) is 8.25. The summed E-state index contributed by atoms with van der Waals surface area (Å²) in [7, 11) is 0. The molecule has 188 valence electrons. The van der Waals surface area contributed by atoms with Gasteiger partial charge in [-0.1, -0.05) is 72.8 Å². The maximum Gasteiger partial charge on any atom is 0.146 e. The lowest BCUT2D eigenvalue weighted by Crippen LogP contribution is -1.99. The van der Waals surface area contributed by atoms with E-state index in [1.165, 1.54) is 5.39 Å². The fourth-order valence-corrected chi connectivity index (χ4v) is 5.71. The van der Waals surface area contributed by atoms with Crippen molar-refractivity contribution < 1.29 is 0 Å². The lowest BCUT2D eigenvalue weighted by atomic mass is 10.1. The number of hydrogen-bond acceptors (Lipinski definition) is 3. The maximum atomic E-state index is 5.34. The fourth-order valence-electron chi connectivity index (χ4n) is 5.71. The molecule has 5 heteroatoms. The monoisotopic (exact) mass is 513 g/mol. The Morgan fingerprint density at radius 2 is 1.27 bits per heavy atom. The van der Waals surface area contributed by atoms with Crippen molar-refractivity contribution in [2.24, 2.45) is 0 Å². The Kier molecular flexibility index (Phi) is 5.07. The van der Waals surface area contributed by atoms with Gasteiger partial charge in [0.1, 0.15) is 11.6 Å². The summed E-state index contributed by atoms with van der Waals surface area (Å²) in [6, 6.07) is 42.0. The van der Waals surface area contributed by atoms with Crippen LogP contribution in [0.4, 0.5) is 0 Å². The molecule has 0 spiro atoms. The Labute approximate surface area is 230 Å². The molecule has 0 atom stereocenters. The maximum absolute atomic E-state index is 5.34. The molecule has 0 aliphatic carbocycles. The predicted molar refractivity (Wildman–Crippen MR) is 162 cm³/mol. The van der Waals surface area contributed by atoms with E-state index in [0.717, 1.165) is 61.5 Å². The highest BCUT2D eigenvalue weighted by Crippen LogP contribution is 2.39. The zero-order chi connectivity index (χ0) is 26.5. The van der Waals surface area contributed by atoms with Crippen molar-refractivity contribution in [1.29, 1.82) is 0 Å². The minimum absolute atomic E-state index is 0.836. The van der Waals surface area contributed by atoms with Gasteiger partial charge in [-0.05, 0) is 59.7 Å². The van der Waals surface area contributed by atoms with Crippen molar-refractivity contribution in [3.05, 3.63) is 140 Å². The van der Waals surface area contributed by atoms with E-state index in [0.29, 0.717) is 0 Å². The van der Waals surface area contributed by atoms with Crippen molar-refractivity contribution in [1.82, 2.24) is 24.1 Å². The number of benzene rings is 4. The molecule has 0 fully saturated rings. The Hall–Kier alpha value is -5.55. The van der Waals surface area contributed by atoms with Crippen LogP contribution in [0.2, 0.25) is 0 Å². The van der Waals surface area contributed by atoms with Gasteiger partial charge in [0, 0.05) is 40.6 Å². The van der Waals surface area contributed by atoms with E-state index < -0.39 is 0 Å². The molecule has 4 aromatic heterocycles. The van der Waals surface area contributed by atoms with Crippen molar-refractivity contribution in [3.8, 4) is 34.0 Å². The van der Waals surface area contributed by atoms with Crippen LogP contribution in [0.5, 0.6) is 0 Å². The fraction of sp³-hybridized carbons (Fsp3) is 0. The topological polar surface area (TPSA) is 48.5 Å². The molecule has 0 N–H and O–H groups in total. The largest absolute Gasteiger partial charge is 0.309 e. The third-order valence-electron chi connectivity index (χ3n) is 7.49. The third-order valence-corrected chi connectivity index (χ3v) is 7.49. The Balaban J connectivity index is 1.43. The van der Waals surface area contributed by atoms with Gasteiger partial charge in [-0.3, -0.25) is 9.55 Å². The third kappa shape index (κ3) is 3.45. The molecule has 0 radical (unpaired) electrons. The van der Waals surface area contributed by atoms with Crippen LogP contribution in [-0.4, -0.2) is 24.1 Å². The molecule has 4 aromatic carbocycles. The molecule has 40 heavy (non-hydrogen) atoms. The smallest absolute Gasteiger partial charge is 0.146 e. The molecule has 0 saturated heterocycles. The standard InChI is InChI=1S/C35H23N5/c1-2-10-27(11-3-1)39-29-13-5-4-12-28(29)33-30(39)19-20-31-34(33)38-35(40(31)32-14-6-7-22-37-32)25-17-15-24(16-18-25)26-9-8-21-36-23-26/h1-23H. The average molecular weight is 514 g/mol. The lowest BCUT2D eigenvalue weighted by Gasteiger charge is -2.10. The van der Waals surface area contributed by atoms with Crippen molar-refractivity contribution in [2.75, 3.05) is 0 Å². The van der Waals surface area contributed by atoms with Crippen LogP contribution < -0.4 is 0 Å². The van der Waals surface area contributed by atoms with Crippen LogP contribution in [0.3, 0.4) is 0 Å². The van der Waals surface area contributed by atoms with Gasteiger partial charge in [-0.2, -0.15) is 0 Å². The van der Waals surface area contributed by atoms with Crippen LogP contribution in [0.25, 0.3) is 66.9 Å². The first-order valence-electron chi connectivity index (χ1n) is 13.3. The number of aromatic nitrogens is 5. The molecule has 0 amide bonds. The zero-order valence-corrected chi connectivity index (χ0v) is 21.5. The van der Waals surface area contributed by atoms with Crippen LogP contribution in [0.1, 0.15) is 0 Å². The Morgan fingerprint density at radius 3 is 2.08 bits per heavy atom. The summed E-state index contributed by atoms with van der Waals surface area (Å²) < 4.78 is 4.49. The lowest BCUT2D eigenvalue weighted by molar-refractivity contribution is 1.03. The molecule has 4 heterocycles. The van der Waals surface area contributed by atoms with Gasteiger partial charge in [-0.15, -0.1) is 0 Å². The first-order chi connectivity index (χ1) is 19.9. The van der Waals surface area contributed by atoms with E-state index in [-0.39, 0.29) is 0 Å². The van der Waals surface area contributed by atoms with E-state index >= 15 is 0 Å². The molecule has 0 unspecified atom stereocenters. The van der Waals surface area contributed by atoms with Crippen molar-refractivity contribution in [3.63, 3.8) is 0 Å². The number of rotatable bonds is 4. The summed E-state index contributed by atoms with van der Waals surface area (Å²) in [5.41, 5.74) is 8.62. The summed E-state index contributed by atoms with van der Waals surface area (Å²) in [5, 5.41) is 2.32. The van der Waals surface area contributed by atoms with Crippen LogP contribution in [-0.2, 0) is 0 Å². The highest BCUT2D eigenvalue weighted by atomic mass is 15.1. The van der Waals surface area contributed by atoms with E-state index in [1.54, 1.807) is 6.20 Å². The van der Waals surface area contributed by atoms with Crippen molar-refractivity contribution >= 4 is 32.8 Å². The summed E-state index contributed by atoms with van der Waals surface area (Å²) in [6.07, 6.45) is 5.51. The highest BCUT2D eigenvalue weighted by molar-refractivity contribution is 6.20. The minimum atomic E-state index is 0.836. The van der Waals surface area contributed by atoms with Gasteiger partial charge in [-0.25, -0.2) is 9.97 Å². The molecular weight excluding hydrogens is 490 g/mol. The number of pyridine rings is 2. The first kappa shape index (κ1) is 22.4. The zero-order valence-electron chi connectivity index (χ0n) is 21.5. The van der Waals surface area contributed by atoms with Crippen LogP contribution in [0.15, 0.2) is 140 Å². The number of para-hydroxylation sites is 2. The molecule has 0 aliphatic rings. The van der Waals surface area contributed by atoms with Gasteiger partial charge in [0.25, 0.3) is 0 Å². The molecule has 0 bridgehead atoms. The summed E-state index contributed by atoms with van der Waals surface area (Å²) in [6.45, 7) is 0. The molecule has 8 aromatic rings. The first-order valence-corrected chi connectivity index (χ1v) is 13.3. The SMILES string of the molecule is c1ccc(-n2c3ccccc3c3c4nc(-c5ccc(-c6cccnc6)cc5)n(-c5ccccn5)c4ccc32)cc1. The van der Waals surface area contributed by atoms with Gasteiger partial charge in [0.05, 0.1) is 22.1 Å². The quantitative estimate of drug-likeness (QED) is 0.238. The van der Waals surface area contributed by atoms with Gasteiger partial charge < -0.3 is 4.57 Å². The average Bonchev–Trinajstić information content (AvgIpc) is 3.59. The second-order valence-electron chi connectivity index (χ2n) is 9.79. The normalized spacial score (nSPS) is 11.5. The second kappa shape index (κ2) is 9.03. The van der Waals surface area contributed by atoms with Crippen LogP contribution >= 0.6 is 0 Å². The van der Waals surface area contributed by atoms with Crippen LogP contribution in [0, 0.1) is 0 Å². The number of fused-ring (bicyclic) bond motifs is 5. The number of nitrogens with zero attached hydrogens (tertiary/aromatic N) is 5. The Bertz CT molecular complexity index is 2130. The van der Waals surface area contributed by atoms with Crippen molar-refractivity contribution in [2.45, 2.75) is 0 Å². The van der Waals surface area contributed by atoms with E-state index in [2.05, 4.69) is 111 Å². The molecular formula is C35H23N5. The number of hydrogen-bond donors (Lipinski definition) is 0. The Morgan fingerprint density at radius 1 is 0.500 bits per heavy atom. The number of imidazole rings is 1. The summed E-state index contributed by atoms with van der Waals surface area (Å²) >= 11 is 0. The van der Waals surface area contributed by atoms with Gasteiger partial charge >= 0.3 is 0 Å². The van der Waals surface area contributed by atoms with E-state index in [1.807, 2.05) is 36.7 Å². The van der Waals surface area contributed by atoms with E-state index in [9.17, 15) is 0 Å². The van der Waals surface area contributed by atoms with Gasteiger partial charge in [0.2, 0.25) is 0 Å². The highest BCUT2D eigenvalue weighted by Gasteiger charge is 2.21. The summed E-state index contributed by atoms with van der Waals surface area (Å²) in [4.78, 5) is 14.3. The minimum Gasteiger partial charge on any atom is -0.309 e.